The number of benzene rings is 1. The van der Waals surface area contributed by atoms with E-state index in [4.69, 9.17) is 11.6 Å². The van der Waals surface area contributed by atoms with Crippen molar-refractivity contribution >= 4 is 29.2 Å². The van der Waals surface area contributed by atoms with Crippen LogP contribution in [0, 0.1) is 5.92 Å². The van der Waals surface area contributed by atoms with Gasteiger partial charge in [-0.3, -0.25) is 4.79 Å². The van der Waals surface area contributed by atoms with Crippen molar-refractivity contribution < 1.29 is 9.59 Å². The van der Waals surface area contributed by atoms with E-state index in [1.165, 1.54) is 0 Å². The van der Waals surface area contributed by atoms with E-state index in [2.05, 4.69) is 16.0 Å². The summed E-state index contributed by atoms with van der Waals surface area (Å²) in [6.45, 7) is 8.68. The van der Waals surface area contributed by atoms with Crippen LogP contribution < -0.4 is 16.0 Å². The quantitative estimate of drug-likeness (QED) is 0.701. The van der Waals surface area contributed by atoms with Crippen LogP contribution in [0.15, 0.2) is 18.2 Å². The fraction of sp³-hybridized carbons (Fsp3) is 0.529. The highest BCUT2D eigenvalue weighted by Gasteiger charge is 2.13. The minimum absolute atomic E-state index is 0.145. The molecule has 0 fully saturated rings. The van der Waals surface area contributed by atoms with E-state index in [-0.39, 0.29) is 18.0 Å². The van der Waals surface area contributed by atoms with Crippen molar-refractivity contribution in [1.29, 1.82) is 0 Å². The standard InChI is InChI=1S/C17H26ClN3O2/c1-5-12(6-2)20-17(23)21-13-7-8-14(15(18)9-13)16(22)19-10-11(3)4/h7-9,11-12H,5-6,10H2,1-4H3,(H,19,22)(H2,20,21,23). The van der Waals surface area contributed by atoms with Gasteiger partial charge in [0.05, 0.1) is 10.6 Å². The number of rotatable bonds is 7. The van der Waals surface area contributed by atoms with Crippen molar-refractivity contribution in [1.82, 2.24) is 10.6 Å². The summed E-state index contributed by atoms with van der Waals surface area (Å²) < 4.78 is 0. The third-order valence-corrected chi connectivity index (χ3v) is 3.78. The Kier molecular flexibility index (Phi) is 7.89. The molecule has 0 heterocycles. The molecule has 0 saturated heterocycles. The predicted octanol–water partition coefficient (Wildman–Crippen LogP) is 4.04. The van der Waals surface area contributed by atoms with E-state index < -0.39 is 0 Å². The Balaban J connectivity index is 2.68. The van der Waals surface area contributed by atoms with Crippen LogP contribution in [0.4, 0.5) is 10.5 Å². The zero-order chi connectivity index (χ0) is 17.4. The van der Waals surface area contributed by atoms with Gasteiger partial charge in [-0.25, -0.2) is 4.79 Å². The van der Waals surface area contributed by atoms with Gasteiger partial charge < -0.3 is 16.0 Å². The molecule has 6 heteroatoms. The maximum Gasteiger partial charge on any atom is 0.319 e. The molecule has 0 bridgehead atoms. The van der Waals surface area contributed by atoms with Gasteiger partial charge in [0.15, 0.2) is 0 Å². The lowest BCUT2D eigenvalue weighted by molar-refractivity contribution is 0.0949. The third-order valence-electron chi connectivity index (χ3n) is 3.46. The Morgan fingerprint density at radius 3 is 2.35 bits per heavy atom. The number of nitrogens with one attached hydrogen (secondary N) is 3. The summed E-state index contributed by atoms with van der Waals surface area (Å²) in [7, 11) is 0. The lowest BCUT2D eigenvalue weighted by atomic mass is 10.1. The molecule has 23 heavy (non-hydrogen) atoms. The van der Waals surface area contributed by atoms with E-state index in [9.17, 15) is 9.59 Å². The zero-order valence-electron chi connectivity index (χ0n) is 14.2. The van der Waals surface area contributed by atoms with Gasteiger partial charge in [-0.2, -0.15) is 0 Å². The Bertz CT molecular complexity index is 543. The molecule has 0 unspecified atom stereocenters. The minimum atomic E-state index is -0.272. The second-order valence-electron chi connectivity index (χ2n) is 5.91. The van der Waals surface area contributed by atoms with Crippen LogP contribution in [0.3, 0.4) is 0 Å². The SMILES string of the molecule is CCC(CC)NC(=O)Nc1ccc(C(=O)NCC(C)C)c(Cl)c1. The number of amides is 3. The van der Waals surface area contributed by atoms with Crippen LogP contribution in [0.1, 0.15) is 50.9 Å². The topological polar surface area (TPSA) is 70.2 Å². The molecule has 3 amide bonds. The third kappa shape index (κ3) is 6.48. The number of carbonyl (C=O) groups excluding carboxylic acids is 2. The molecular formula is C17H26ClN3O2. The molecule has 0 saturated carbocycles. The summed E-state index contributed by atoms with van der Waals surface area (Å²) in [6.07, 6.45) is 1.75. The molecule has 128 valence electrons. The van der Waals surface area contributed by atoms with Gasteiger partial charge >= 0.3 is 6.03 Å². The Labute approximate surface area is 143 Å². The normalized spacial score (nSPS) is 10.7. The molecule has 1 aromatic carbocycles. The monoisotopic (exact) mass is 339 g/mol. The molecule has 0 aromatic heterocycles. The summed E-state index contributed by atoms with van der Waals surface area (Å²) in [6, 6.07) is 4.74. The molecular weight excluding hydrogens is 314 g/mol. The van der Waals surface area contributed by atoms with Crippen LogP contribution >= 0.6 is 11.6 Å². The number of urea groups is 1. The van der Waals surface area contributed by atoms with E-state index in [0.717, 1.165) is 12.8 Å². The van der Waals surface area contributed by atoms with E-state index in [0.29, 0.717) is 28.7 Å². The maximum absolute atomic E-state index is 12.0. The number of halogens is 1. The van der Waals surface area contributed by atoms with Crippen molar-refractivity contribution in [2.24, 2.45) is 5.92 Å². The van der Waals surface area contributed by atoms with Gasteiger partial charge in [-0.05, 0) is 37.0 Å². The number of carbonyl (C=O) groups is 2. The minimum Gasteiger partial charge on any atom is -0.352 e. The van der Waals surface area contributed by atoms with Gasteiger partial charge in [-0.1, -0.05) is 39.3 Å². The van der Waals surface area contributed by atoms with Gasteiger partial charge in [0, 0.05) is 18.3 Å². The Morgan fingerprint density at radius 1 is 1.17 bits per heavy atom. The van der Waals surface area contributed by atoms with Crippen molar-refractivity contribution in [3.8, 4) is 0 Å². The Morgan fingerprint density at radius 2 is 1.83 bits per heavy atom. The summed E-state index contributed by atoms with van der Waals surface area (Å²) >= 11 is 6.15. The molecule has 0 aliphatic heterocycles. The van der Waals surface area contributed by atoms with Crippen LogP contribution in [0.2, 0.25) is 5.02 Å². The first-order valence-electron chi connectivity index (χ1n) is 8.02. The molecule has 0 radical (unpaired) electrons. The van der Waals surface area contributed by atoms with Gasteiger partial charge in [0.2, 0.25) is 0 Å². The first-order chi connectivity index (χ1) is 10.9. The first-order valence-corrected chi connectivity index (χ1v) is 8.40. The van der Waals surface area contributed by atoms with Crippen LogP contribution in [0.25, 0.3) is 0 Å². The first kappa shape index (κ1) is 19.3. The van der Waals surface area contributed by atoms with Crippen LogP contribution in [0.5, 0.6) is 0 Å². The molecule has 3 N–H and O–H groups in total. The fourth-order valence-electron chi connectivity index (χ4n) is 2.01. The van der Waals surface area contributed by atoms with E-state index in [1.54, 1.807) is 18.2 Å². The zero-order valence-corrected chi connectivity index (χ0v) is 15.0. The van der Waals surface area contributed by atoms with Crippen LogP contribution in [-0.4, -0.2) is 24.5 Å². The molecule has 0 aliphatic carbocycles. The molecule has 1 rings (SSSR count). The lowest BCUT2D eigenvalue weighted by Crippen LogP contribution is -2.37. The van der Waals surface area contributed by atoms with Gasteiger partial charge in [-0.15, -0.1) is 0 Å². The molecule has 0 aliphatic rings. The van der Waals surface area contributed by atoms with Crippen molar-refractivity contribution in [3.05, 3.63) is 28.8 Å². The highest BCUT2D eigenvalue weighted by atomic mass is 35.5. The Hall–Kier alpha value is -1.75. The molecule has 5 nitrogen and oxygen atoms in total. The van der Waals surface area contributed by atoms with Crippen molar-refractivity contribution in [2.45, 2.75) is 46.6 Å². The second kappa shape index (κ2) is 9.40. The van der Waals surface area contributed by atoms with Crippen LogP contribution in [-0.2, 0) is 0 Å². The molecule has 0 spiro atoms. The van der Waals surface area contributed by atoms with E-state index in [1.807, 2.05) is 27.7 Å². The van der Waals surface area contributed by atoms with E-state index >= 15 is 0 Å². The van der Waals surface area contributed by atoms with Gasteiger partial charge in [0.25, 0.3) is 5.91 Å². The summed E-state index contributed by atoms with van der Waals surface area (Å²) in [5, 5.41) is 8.74. The summed E-state index contributed by atoms with van der Waals surface area (Å²) in [5.41, 5.74) is 0.956. The highest BCUT2D eigenvalue weighted by Crippen LogP contribution is 2.21. The fourth-order valence-corrected chi connectivity index (χ4v) is 2.28. The maximum atomic E-state index is 12.0. The van der Waals surface area contributed by atoms with Crippen molar-refractivity contribution in [2.75, 3.05) is 11.9 Å². The number of anilines is 1. The largest absolute Gasteiger partial charge is 0.352 e. The number of hydrogen-bond donors (Lipinski definition) is 3. The summed E-state index contributed by atoms with van der Waals surface area (Å²) in [4.78, 5) is 23.9. The van der Waals surface area contributed by atoms with Gasteiger partial charge in [0.1, 0.15) is 0 Å². The molecule has 0 atom stereocenters. The average Bonchev–Trinajstić information content (AvgIpc) is 2.50. The highest BCUT2D eigenvalue weighted by molar-refractivity contribution is 6.34. The predicted molar refractivity (Wildman–Crippen MR) is 95.1 cm³/mol. The average molecular weight is 340 g/mol. The second-order valence-corrected chi connectivity index (χ2v) is 6.32. The van der Waals surface area contributed by atoms with Crippen molar-refractivity contribution in [3.63, 3.8) is 0 Å². The summed E-state index contributed by atoms with van der Waals surface area (Å²) in [5.74, 6) is 0.157. The molecule has 1 aromatic rings. The smallest absolute Gasteiger partial charge is 0.319 e. The number of hydrogen-bond acceptors (Lipinski definition) is 2. The lowest BCUT2D eigenvalue weighted by Gasteiger charge is -2.16.